The third-order valence-corrected chi connectivity index (χ3v) is 3.97. The third-order valence-electron chi connectivity index (χ3n) is 2.23. The molecule has 0 aromatic carbocycles. The lowest BCUT2D eigenvalue weighted by Crippen LogP contribution is -2.12. The van der Waals surface area contributed by atoms with Crippen LogP contribution in [0.25, 0.3) is 0 Å². The van der Waals surface area contributed by atoms with Crippen molar-refractivity contribution < 1.29 is 9.59 Å². The molecule has 4 nitrogen and oxygen atoms in total. The molecular formula is C11H9BrN2O2S. The fraction of sp³-hybridized carbons (Fsp3) is 0.182. The highest BCUT2D eigenvalue weighted by molar-refractivity contribution is 9.10. The van der Waals surface area contributed by atoms with Crippen LogP contribution in [0.1, 0.15) is 26.7 Å². The first-order chi connectivity index (χ1) is 8.08. The fourth-order valence-corrected chi connectivity index (χ4v) is 2.77. The maximum Gasteiger partial charge on any atom is 0.206 e. The number of hydrogen-bond acceptors (Lipinski definition) is 4. The Morgan fingerprint density at radius 1 is 1.47 bits per heavy atom. The number of rotatable bonds is 4. The van der Waals surface area contributed by atoms with Crippen LogP contribution >= 0.6 is 27.3 Å². The number of nitrogens with zero attached hydrogens (tertiary/aromatic N) is 2. The van der Waals surface area contributed by atoms with E-state index in [0.717, 1.165) is 4.47 Å². The molecule has 6 heteroatoms. The van der Waals surface area contributed by atoms with E-state index in [4.69, 9.17) is 0 Å². The van der Waals surface area contributed by atoms with Gasteiger partial charge in [0.05, 0.1) is 11.3 Å². The summed E-state index contributed by atoms with van der Waals surface area (Å²) in [6.07, 6.45) is 3.08. The van der Waals surface area contributed by atoms with Crippen molar-refractivity contribution >= 4 is 38.8 Å². The molecule has 17 heavy (non-hydrogen) atoms. The molecule has 0 aliphatic heterocycles. The van der Waals surface area contributed by atoms with E-state index in [0.29, 0.717) is 10.7 Å². The van der Waals surface area contributed by atoms with Gasteiger partial charge in [-0.2, -0.15) is 0 Å². The van der Waals surface area contributed by atoms with Crippen molar-refractivity contribution in [2.45, 2.75) is 6.42 Å². The van der Waals surface area contributed by atoms with Gasteiger partial charge in [-0.15, -0.1) is 11.3 Å². The number of carbonyl (C=O) groups excluding carboxylic acids is 2. The molecule has 0 atom stereocenters. The molecule has 0 saturated heterocycles. The van der Waals surface area contributed by atoms with E-state index in [1.165, 1.54) is 11.3 Å². The number of hydrogen-bond donors (Lipinski definition) is 0. The predicted molar refractivity (Wildman–Crippen MR) is 68.5 cm³/mol. The lowest BCUT2D eigenvalue weighted by molar-refractivity contribution is 0.0889. The van der Waals surface area contributed by atoms with E-state index in [1.54, 1.807) is 30.1 Å². The van der Waals surface area contributed by atoms with E-state index >= 15 is 0 Å². The Labute approximate surface area is 110 Å². The first-order valence-corrected chi connectivity index (χ1v) is 6.53. The maximum absolute atomic E-state index is 11.8. The number of carbonyl (C=O) groups is 2. The summed E-state index contributed by atoms with van der Waals surface area (Å²) in [4.78, 5) is 28.1. The predicted octanol–water partition coefficient (Wildman–Crippen LogP) is 2.70. The van der Waals surface area contributed by atoms with Crippen LogP contribution in [0.3, 0.4) is 0 Å². The number of ketones is 2. The number of aromatic nitrogens is 2. The largest absolute Gasteiger partial charge is 0.332 e. The van der Waals surface area contributed by atoms with E-state index in [2.05, 4.69) is 20.9 Å². The Morgan fingerprint density at radius 2 is 2.24 bits per heavy atom. The van der Waals surface area contributed by atoms with Gasteiger partial charge in [0.25, 0.3) is 0 Å². The second kappa shape index (κ2) is 4.93. The van der Waals surface area contributed by atoms with E-state index < -0.39 is 0 Å². The molecule has 88 valence electrons. The van der Waals surface area contributed by atoms with Crippen LogP contribution in [0.5, 0.6) is 0 Å². The minimum Gasteiger partial charge on any atom is -0.332 e. The molecule has 0 amide bonds. The Bertz CT molecular complexity index is 574. The molecule has 0 fully saturated rings. The molecular weight excluding hydrogens is 304 g/mol. The van der Waals surface area contributed by atoms with Crippen LogP contribution in [0.2, 0.25) is 0 Å². The minimum absolute atomic E-state index is 0.141. The van der Waals surface area contributed by atoms with Gasteiger partial charge < -0.3 is 4.57 Å². The van der Waals surface area contributed by atoms with Crippen molar-refractivity contribution in [2.24, 2.45) is 7.05 Å². The zero-order valence-electron chi connectivity index (χ0n) is 9.01. The first kappa shape index (κ1) is 12.2. The van der Waals surface area contributed by atoms with E-state index in [1.807, 2.05) is 5.38 Å². The average molecular weight is 313 g/mol. The molecule has 0 N–H and O–H groups in total. The molecule has 0 saturated carbocycles. The monoisotopic (exact) mass is 312 g/mol. The number of thiophene rings is 1. The van der Waals surface area contributed by atoms with Crippen LogP contribution in [-0.2, 0) is 7.05 Å². The number of aryl methyl sites for hydroxylation is 1. The summed E-state index contributed by atoms with van der Waals surface area (Å²) in [5, 5.41) is 1.82. The van der Waals surface area contributed by atoms with Crippen molar-refractivity contribution in [3.8, 4) is 0 Å². The van der Waals surface area contributed by atoms with E-state index in [9.17, 15) is 9.59 Å². The molecule has 2 aromatic rings. The Morgan fingerprint density at radius 3 is 2.76 bits per heavy atom. The van der Waals surface area contributed by atoms with Crippen molar-refractivity contribution in [1.29, 1.82) is 0 Å². The summed E-state index contributed by atoms with van der Waals surface area (Å²) in [5.74, 6) is -0.116. The van der Waals surface area contributed by atoms with Gasteiger partial charge in [0, 0.05) is 29.3 Å². The second-order valence-electron chi connectivity index (χ2n) is 3.51. The summed E-state index contributed by atoms with van der Waals surface area (Å²) >= 11 is 4.60. The standard InChI is InChI=1S/C11H9BrN2O2S/c1-14-3-2-13-11(14)9(16)5-8(15)10-4-7(12)6-17-10/h2-4,6H,5H2,1H3. The van der Waals surface area contributed by atoms with Crippen molar-refractivity contribution in [2.75, 3.05) is 0 Å². The van der Waals surface area contributed by atoms with Crippen LogP contribution in [0.4, 0.5) is 0 Å². The summed E-state index contributed by atoms with van der Waals surface area (Å²) in [6.45, 7) is 0. The first-order valence-electron chi connectivity index (χ1n) is 4.85. The van der Waals surface area contributed by atoms with Gasteiger partial charge in [0.2, 0.25) is 5.78 Å². The van der Waals surface area contributed by atoms with Gasteiger partial charge in [0.1, 0.15) is 0 Å². The minimum atomic E-state index is -0.257. The maximum atomic E-state index is 11.8. The van der Waals surface area contributed by atoms with Gasteiger partial charge in [-0.1, -0.05) is 0 Å². The lowest BCUT2D eigenvalue weighted by atomic mass is 10.1. The van der Waals surface area contributed by atoms with Crippen LogP contribution < -0.4 is 0 Å². The highest BCUT2D eigenvalue weighted by Crippen LogP contribution is 2.21. The van der Waals surface area contributed by atoms with Crippen molar-refractivity contribution in [1.82, 2.24) is 9.55 Å². The van der Waals surface area contributed by atoms with Crippen molar-refractivity contribution in [3.05, 3.63) is 39.0 Å². The number of imidazole rings is 1. The SMILES string of the molecule is Cn1ccnc1C(=O)CC(=O)c1cc(Br)cs1. The molecule has 0 unspecified atom stereocenters. The summed E-state index contributed by atoms with van der Waals surface area (Å²) in [5.41, 5.74) is 0. The number of Topliss-reactive ketones (excluding diaryl/α,β-unsaturated/α-hetero) is 2. The Hall–Kier alpha value is -1.27. The molecule has 2 heterocycles. The quantitative estimate of drug-likeness (QED) is 0.644. The molecule has 0 aliphatic carbocycles. The Balaban J connectivity index is 2.10. The molecule has 2 rings (SSSR count). The third kappa shape index (κ3) is 2.70. The normalized spacial score (nSPS) is 10.5. The van der Waals surface area contributed by atoms with E-state index in [-0.39, 0.29) is 18.0 Å². The molecule has 2 aromatic heterocycles. The van der Waals surface area contributed by atoms with Gasteiger partial charge in [-0.3, -0.25) is 9.59 Å². The summed E-state index contributed by atoms with van der Waals surface area (Å²) < 4.78 is 2.47. The van der Waals surface area contributed by atoms with Gasteiger partial charge in [0.15, 0.2) is 11.6 Å². The van der Waals surface area contributed by atoms with Crippen molar-refractivity contribution in [3.63, 3.8) is 0 Å². The van der Waals surface area contributed by atoms with Gasteiger partial charge >= 0.3 is 0 Å². The summed E-state index contributed by atoms with van der Waals surface area (Å²) in [7, 11) is 1.73. The van der Waals surface area contributed by atoms with Crippen LogP contribution in [-0.4, -0.2) is 21.1 Å². The van der Waals surface area contributed by atoms with Crippen LogP contribution in [0, 0.1) is 0 Å². The molecule has 0 bridgehead atoms. The smallest absolute Gasteiger partial charge is 0.206 e. The zero-order valence-corrected chi connectivity index (χ0v) is 11.4. The van der Waals surface area contributed by atoms with Gasteiger partial charge in [-0.05, 0) is 22.0 Å². The van der Waals surface area contributed by atoms with Gasteiger partial charge in [-0.25, -0.2) is 4.98 Å². The zero-order chi connectivity index (χ0) is 12.4. The average Bonchev–Trinajstić information content (AvgIpc) is 2.86. The summed E-state index contributed by atoms with van der Waals surface area (Å²) in [6, 6.07) is 1.72. The fourth-order valence-electron chi connectivity index (χ4n) is 1.41. The highest BCUT2D eigenvalue weighted by Gasteiger charge is 2.17. The van der Waals surface area contributed by atoms with Crippen LogP contribution in [0.15, 0.2) is 28.3 Å². The highest BCUT2D eigenvalue weighted by atomic mass is 79.9. The molecule has 0 aliphatic rings. The molecule has 0 spiro atoms. The number of halogens is 1. The lowest BCUT2D eigenvalue weighted by Gasteiger charge is -1.99. The topological polar surface area (TPSA) is 52.0 Å². The Kier molecular flexibility index (Phi) is 3.54. The molecule has 0 radical (unpaired) electrons. The second-order valence-corrected chi connectivity index (χ2v) is 5.34.